The van der Waals surface area contributed by atoms with Crippen molar-refractivity contribution in [1.29, 1.82) is 0 Å². The molecule has 1 heterocycles. The first-order chi connectivity index (χ1) is 13.6. The number of anilines is 1. The Hall–Kier alpha value is -1.86. The third-order valence-corrected chi connectivity index (χ3v) is 6.24. The van der Waals surface area contributed by atoms with E-state index in [9.17, 15) is 4.79 Å². The second kappa shape index (κ2) is 10.8. The molecule has 0 bridgehead atoms. The van der Waals surface area contributed by atoms with E-state index in [1.807, 2.05) is 30.3 Å². The van der Waals surface area contributed by atoms with E-state index in [2.05, 4.69) is 18.7 Å². The minimum Gasteiger partial charge on any atom is -0.494 e. The predicted octanol–water partition coefficient (Wildman–Crippen LogP) is 5.37. The Labute approximate surface area is 186 Å². The third-order valence-electron chi connectivity index (χ3n) is 4.70. The summed E-state index contributed by atoms with van der Waals surface area (Å²) >= 11 is 7.79. The third kappa shape index (κ3) is 5.20. The molecule has 0 saturated heterocycles. The van der Waals surface area contributed by atoms with Gasteiger partial charge in [-0.15, -0.1) is 12.4 Å². The number of halogens is 2. The lowest BCUT2D eigenvalue weighted by atomic mass is 10.2. The number of benzene rings is 2. The molecular weight excluding hydrogens is 429 g/mol. The number of rotatable bonds is 8. The Morgan fingerprint density at radius 1 is 1.10 bits per heavy atom. The van der Waals surface area contributed by atoms with Crippen LogP contribution in [0.2, 0.25) is 5.02 Å². The largest absolute Gasteiger partial charge is 0.494 e. The molecule has 0 fully saturated rings. The molecule has 2 aromatic carbocycles. The fourth-order valence-electron chi connectivity index (χ4n) is 3.02. The van der Waals surface area contributed by atoms with Crippen molar-refractivity contribution in [2.45, 2.75) is 13.8 Å². The second-order valence-corrected chi connectivity index (χ2v) is 7.66. The van der Waals surface area contributed by atoms with Gasteiger partial charge in [0.25, 0.3) is 5.91 Å². The maximum absolute atomic E-state index is 13.3. The van der Waals surface area contributed by atoms with Gasteiger partial charge in [0, 0.05) is 18.7 Å². The highest BCUT2D eigenvalue weighted by Gasteiger charge is 2.23. The summed E-state index contributed by atoms with van der Waals surface area (Å²) in [5.74, 6) is 0.583. The summed E-state index contributed by atoms with van der Waals surface area (Å²) in [6.07, 6.45) is 0. The quantitative estimate of drug-likeness (QED) is 0.459. The molecule has 29 heavy (non-hydrogen) atoms. The zero-order valence-corrected chi connectivity index (χ0v) is 19.1. The number of amides is 1. The summed E-state index contributed by atoms with van der Waals surface area (Å²) in [5.41, 5.74) is 1.32. The van der Waals surface area contributed by atoms with E-state index in [0.29, 0.717) is 33.5 Å². The van der Waals surface area contributed by atoms with Gasteiger partial charge in [0.2, 0.25) is 0 Å². The molecule has 3 rings (SSSR count). The second-order valence-electron chi connectivity index (χ2n) is 6.27. The lowest BCUT2D eigenvalue weighted by molar-refractivity contribution is 0.0984. The van der Waals surface area contributed by atoms with Gasteiger partial charge in [-0.3, -0.25) is 9.69 Å². The molecule has 1 amide bonds. The zero-order valence-electron chi connectivity index (χ0n) is 16.7. The Balaban J connectivity index is 0.00000300. The van der Waals surface area contributed by atoms with Gasteiger partial charge in [0.05, 0.1) is 16.8 Å². The van der Waals surface area contributed by atoms with E-state index in [-0.39, 0.29) is 18.3 Å². The van der Waals surface area contributed by atoms with Crippen molar-refractivity contribution < 1.29 is 9.53 Å². The van der Waals surface area contributed by atoms with Gasteiger partial charge in [-0.25, -0.2) is 4.98 Å². The van der Waals surface area contributed by atoms with E-state index in [1.165, 1.54) is 11.3 Å². The van der Waals surface area contributed by atoms with Gasteiger partial charge in [0.1, 0.15) is 11.3 Å². The molecular formula is C21H25Cl2N3O2S. The van der Waals surface area contributed by atoms with Gasteiger partial charge in [-0.05, 0) is 37.4 Å². The van der Waals surface area contributed by atoms with Crippen LogP contribution in [0.5, 0.6) is 5.75 Å². The summed E-state index contributed by atoms with van der Waals surface area (Å²) in [4.78, 5) is 22.0. The summed E-state index contributed by atoms with van der Waals surface area (Å²) in [6, 6.07) is 12.9. The lowest BCUT2D eigenvalue weighted by Gasteiger charge is -2.24. The zero-order chi connectivity index (χ0) is 20.1. The molecule has 0 aliphatic rings. The number of thiazole rings is 1. The van der Waals surface area contributed by atoms with Crippen LogP contribution in [0.1, 0.15) is 24.2 Å². The molecule has 156 valence electrons. The van der Waals surface area contributed by atoms with Crippen molar-refractivity contribution in [3.8, 4) is 5.75 Å². The number of methoxy groups -OCH3 is 1. The average Bonchev–Trinajstić information content (AvgIpc) is 3.18. The van der Waals surface area contributed by atoms with E-state index < -0.39 is 0 Å². The molecule has 0 spiro atoms. The molecule has 0 aliphatic carbocycles. The van der Waals surface area contributed by atoms with Crippen molar-refractivity contribution in [1.82, 2.24) is 9.88 Å². The van der Waals surface area contributed by atoms with E-state index in [1.54, 1.807) is 24.1 Å². The molecule has 0 N–H and O–H groups in total. The molecule has 0 saturated carbocycles. The van der Waals surface area contributed by atoms with Crippen molar-refractivity contribution in [3.63, 3.8) is 0 Å². The average molecular weight is 454 g/mol. The predicted molar refractivity (Wildman–Crippen MR) is 124 cm³/mol. The number of hydrogen-bond acceptors (Lipinski definition) is 5. The first-order valence-corrected chi connectivity index (χ1v) is 10.5. The summed E-state index contributed by atoms with van der Waals surface area (Å²) in [6.45, 7) is 7.43. The summed E-state index contributed by atoms with van der Waals surface area (Å²) in [7, 11) is 1.61. The molecule has 0 radical (unpaired) electrons. The van der Waals surface area contributed by atoms with E-state index in [0.717, 1.165) is 24.3 Å². The van der Waals surface area contributed by atoms with Gasteiger partial charge >= 0.3 is 0 Å². The SMILES string of the molecule is CCN(CC)CCN(C(=O)c1ccccc1)c1nc2c(OC)ccc(Cl)c2s1.Cl. The molecule has 8 heteroatoms. The number of aromatic nitrogens is 1. The maximum atomic E-state index is 13.3. The number of nitrogens with zero attached hydrogens (tertiary/aromatic N) is 3. The minimum atomic E-state index is -0.0677. The fourth-order valence-corrected chi connectivity index (χ4v) is 4.30. The number of carbonyl (C=O) groups excluding carboxylic acids is 1. The monoisotopic (exact) mass is 453 g/mol. The number of ether oxygens (including phenoxy) is 1. The van der Waals surface area contributed by atoms with Crippen LogP contribution in [0, 0.1) is 0 Å². The van der Waals surface area contributed by atoms with Gasteiger partial charge < -0.3 is 9.64 Å². The highest BCUT2D eigenvalue weighted by molar-refractivity contribution is 7.23. The fraction of sp³-hybridized carbons (Fsp3) is 0.333. The van der Waals surface area contributed by atoms with Crippen LogP contribution in [0.3, 0.4) is 0 Å². The first kappa shape index (κ1) is 23.4. The Morgan fingerprint density at radius 3 is 2.41 bits per heavy atom. The highest BCUT2D eigenvalue weighted by atomic mass is 35.5. The van der Waals surface area contributed by atoms with Crippen LogP contribution < -0.4 is 9.64 Å². The molecule has 1 aromatic heterocycles. The number of hydrogen-bond donors (Lipinski definition) is 0. The minimum absolute atomic E-state index is 0. The van der Waals surface area contributed by atoms with Crippen LogP contribution in [0.25, 0.3) is 10.2 Å². The van der Waals surface area contributed by atoms with Crippen LogP contribution >= 0.6 is 35.3 Å². The van der Waals surface area contributed by atoms with Crippen LogP contribution in [0.4, 0.5) is 5.13 Å². The van der Waals surface area contributed by atoms with E-state index in [4.69, 9.17) is 21.3 Å². The number of likely N-dealkylation sites (N-methyl/N-ethyl adjacent to an activating group) is 1. The molecule has 0 aliphatic heterocycles. The Morgan fingerprint density at radius 2 is 1.79 bits per heavy atom. The van der Waals surface area contributed by atoms with Crippen LogP contribution in [-0.2, 0) is 0 Å². The van der Waals surface area contributed by atoms with Crippen molar-refractivity contribution in [2.24, 2.45) is 0 Å². The normalized spacial score (nSPS) is 10.8. The first-order valence-electron chi connectivity index (χ1n) is 9.31. The Kier molecular flexibility index (Phi) is 8.71. The molecule has 0 atom stereocenters. The maximum Gasteiger partial charge on any atom is 0.260 e. The highest BCUT2D eigenvalue weighted by Crippen LogP contribution is 2.39. The number of carbonyl (C=O) groups is 1. The van der Waals surface area contributed by atoms with E-state index >= 15 is 0 Å². The molecule has 0 unspecified atom stereocenters. The standard InChI is InChI=1S/C21H24ClN3O2S.ClH/c1-4-24(5-2)13-14-25(20(26)15-9-7-6-8-10-15)21-23-18-17(27-3)12-11-16(22)19(18)28-21;/h6-12H,4-5,13-14H2,1-3H3;1H. The summed E-state index contributed by atoms with van der Waals surface area (Å²) < 4.78 is 6.25. The lowest BCUT2D eigenvalue weighted by Crippen LogP contribution is -2.38. The van der Waals surface area contributed by atoms with Crippen molar-refractivity contribution >= 4 is 56.6 Å². The van der Waals surface area contributed by atoms with Crippen LogP contribution in [0.15, 0.2) is 42.5 Å². The number of fused-ring (bicyclic) bond motifs is 1. The topological polar surface area (TPSA) is 45.7 Å². The smallest absolute Gasteiger partial charge is 0.260 e. The summed E-state index contributed by atoms with van der Waals surface area (Å²) in [5, 5.41) is 1.23. The van der Waals surface area contributed by atoms with Gasteiger partial charge in [0.15, 0.2) is 5.13 Å². The van der Waals surface area contributed by atoms with Crippen molar-refractivity contribution in [2.75, 3.05) is 38.2 Å². The molecule has 3 aromatic rings. The van der Waals surface area contributed by atoms with Crippen LogP contribution in [-0.4, -0.2) is 49.1 Å². The Bertz CT molecular complexity index is 946. The molecule has 5 nitrogen and oxygen atoms in total. The van der Waals surface area contributed by atoms with Crippen molar-refractivity contribution in [3.05, 3.63) is 53.1 Å². The van der Waals surface area contributed by atoms with Gasteiger partial charge in [-0.1, -0.05) is 55.0 Å². The van der Waals surface area contributed by atoms with Gasteiger partial charge in [-0.2, -0.15) is 0 Å².